The first-order valence-corrected chi connectivity index (χ1v) is 8.57. The Hall–Kier alpha value is -1.18. The van der Waals surface area contributed by atoms with Gasteiger partial charge in [0, 0.05) is 31.7 Å². The number of rotatable bonds is 7. The van der Waals surface area contributed by atoms with Crippen molar-refractivity contribution in [1.82, 2.24) is 15.6 Å². The quantitative estimate of drug-likeness (QED) is 0.453. The van der Waals surface area contributed by atoms with Crippen molar-refractivity contribution in [1.29, 1.82) is 0 Å². The highest BCUT2D eigenvalue weighted by Gasteiger charge is 2.15. The molecule has 0 spiro atoms. The molecule has 124 valence electrons. The van der Waals surface area contributed by atoms with Crippen molar-refractivity contribution < 1.29 is 9.47 Å². The third kappa shape index (κ3) is 5.55. The van der Waals surface area contributed by atoms with E-state index in [1.807, 2.05) is 13.8 Å². The van der Waals surface area contributed by atoms with Gasteiger partial charge in [0.05, 0.1) is 30.0 Å². The second-order valence-electron chi connectivity index (χ2n) is 5.30. The van der Waals surface area contributed by atoms with Gasteiger partial charge in [-0.2, -0.15) is 0 Å². The molecule has 1 aromatic heterocycles. The molecule has 0 bridgehead atoms. The molecule has 2 heterocycles. The molecule has 1 aliphatic heterocycles. The summed E-state index contributed by atoms with van der Waals surface area (Å²) in [6.45, 7) is 8.00. The zero-order chi connectivity index (χ0) is 15.8. The van der Waals surface area contributed by atoms with Crippen LogP contribution in [0.1, 0.15) is 28.4 Å². The standard InChI is InChI=1S/C15H26N4O2S/c1-11-14(22-12(2)19-11)9-18-15(16-3)17-6-4-7-21-13-5-8-20-10-13/h13H,4-10H2,1-3H3,(H2,16,17,18). The summed E-state index contributed by atoms with van der Waals surface area (Å²) in [7, 11) is 1.78. The van der Waals surface area contributed by atoms with Crippen molar-refractivity contribution in [2.24, 2.45) is 4.99 Å². The molecule has 1 unspecified atom stereocenters. The van der Waals surface area contributed by atoms with Crippen molar-refractivity contribution in [3.63, 3.8) is 0 Å². The van der Waals surface area contributed by atoms with Crippen LogP contribution in [0.5, 0.6) is 0 Å². The van der Waals surface area contributed by atoms with Crippen LogP contribution in [-0.4, -0.2) is 50.5 Å². The third-order valence-corrected chi connectivity index (χ3v) is 4.57. The molecule has 0 aliphatic carbocycles. The maximum absolute atomic E-state index is 5.73. The lowest BCUT2D eigenvalue weighted by atomic mass is 10.3. The van der Waals surface area contributed by atoms with Crippen LogP contribution in [0.15, 0.2) is 4.99 Å². The van der Waals surface area contributed by atoms with Gasteiger partial charge in [-0.1, -0.05) is 0 Å². The SMILES string of the molecule is CN=C(NCCCOC1CCOC1)NCc1sc(C)nc1C. The molecule has 2 N–H and O–H groups in total. The number of aliphatic imine (C=N–C) groups is 1. The van der Waals surface area contributed by atoms with Crippen LogP contribution in [0.2, 0.25) is 0 Å². The highest BCUT2D eigenvalue weighted by molar-refractivity contribution is 7.11. The van der Waals surface area contributed by atoms with Crippen molar-refractivity contribution in [3.8, 4) is 0 Å². The number of hydrogen-bond acceptors (Lipinski definition) is 5. The minimum Gasteiger partial charge on any atom is -0.379 e. The first-order chi connectivity index (χ1) is 10.7. The average Bonchev–Trinajstić information content (AvgIpc) is 3.11. The summed E-state index contributed by atoms with van der Waals surface area (Å²) in [5.41, 5.74) is 1.10. The lowest BCUT2D eigenvalue weighted by Gasteiger charge is -2.13. The van der Waals surface area contributed by atoms with E-state index in [0.29, 0.717) is 0 Å². The molecule has 1 atom stereocenters. The number of aromatic nitrogens is 1. The van der Waals surface area contributed by atoms with E-state index in [1.165, 1.54) is 4.88 Å². The predicted molar refractivity (Wildman–Crippen MR) is 89.6 cm³/mol. The van der Waals surface area contributed by atoms with Crippen LogP contribution >= 0.6 is 11.3 Å². The topological polar surface area (TPSA) is 67.8 Å². The largest absolute Gasteiger partial charge is 0.379 e. The number of hydrogen-bond donors (Lipinski definition) is 2. The molecule has 0 aromatic carbocycles. The van der Waals surface area contributed by atoms with E-state index in [9.17, 15) is 0 Å². The Morgan fingerprint density at radius 1 is 1.45 bits per heavy atom. The van der Waals surface area contributed by atoms with Crippen LogP contribution in [-0.2, 0) is 16.0 Å². The lowest BCUT2D eigenvalue weighted by molar-refractivity contribution is 0.0420. The molecular weight excluding hydrogens is 300 g/mol. The van der Waals surface area contributed by atoms with Gasteiger partial charge in [0.15, 0.2) is 5.96 Å². The average molecular weight is 326 g/mol. The Kier molecular flexibility index (Phi) is 7.08. The second-order valence-corrected chi connectivity index (χ2v) is 6.59. The molecule has 1 aromatic rings. The smallest absolute Gasteiger partial charge is 0.191 e. The first kappa shape index (κ1) is 17.2. The monoisotopic (exact) mass is 326 g/mol. The molecule has 0 saturated carbocycles. The molecule has 1 aliphatic rings. The predicted octanol–water partition coefficient (Wildman–Crippen LogP) is 1.62. The van der Waals surface area contributed by atoms with Gasteiger partial charge in [0.2, 0.25) is 0 Å². The van der Waals surface area contributed by atoms with E-state index < -0.39 is 0 Å². The van der Waals surface area contributed by atoms with Crippen LogP contribution in [0.25, 0.3) is 0 Å². The highest BCUT2D eigenvalue weighted by atomic mass is 32.1. The molecule has 1 saturated heterocycles. The van der Waals surface area contributed by atoms with Crippen molar-refractivity contribution >= 4 is 17.3 Å². The van der Waals surface area contributed by atoms with E-state index in [2.05, 4.69) is 20.6 Å². The van der Waals surface area contributed by atoms with Gasteiger partial charge in [0.25, 0.3) is 0 Å². The minimum absolute atomic E-state index is 0.287. The van der Waals surface area contributed by atoms with Gasteiger partial charge in [-0.3, -0.25) is 4.99 Å². The highest BCUT2D eigenvalue weighted by Crippen LogP contribution is 2.16. The Morgan fingerprint density at radius 3 is 2.95 bits per heavy atom. The van der Waals surface area contributed by atoms with E-state index in [4.69, 9.17) is 9.47 Å². The Morgan fingerprint density at radius 2 is 2.32 bits per heavy atom. The first-order valence-electron chi connectivity index (χ1n) is 7.76. The molecule has 1 fully saturated rings. The third-order valence-electron chi connectivity index (χ3n) is 3.49. The molecule has 0 radical (unpaired) electrons. The van der Waals surface area contributed by atoms with Crippen LogP contribution in [0.3, 0.4) is 0 Å². The fraction of sp³-hybridized carbons (Fsp3) is 0.733. The van der Waals surface area contributed by atoms with Gasteiger partial charge >= 0.3 is 0 Å². The van der Waals surface area contributed by atoms with Gasteiger partial charge in [-0.05, 0) is 26.7 Å². The molecule has 0 amide bonds. The van der Waals surface area contributed by atoms with Crippen LogP contribution < -0.4 is 10.6 Å². The summed E-state index contributed by atoms with van der Waals surface area (Å²) in [5, 5.41) is 7.73. The second kappa shape index (κ2) is 9.07. The van der Waals surface area contributed by atoms with Crippen molar-refractivity contribution in [2.75, 3.05) is 33.4 Å². The molecule has 2 rings (SSSR count). The number of aryl methyl sites for hydroxylation is 2. The summed E-state index contributed by atoms with van der Waals surface area (Å²) in [6.07, 6.45) is 2.26. The Bertz CT molecular complexity index is 484. The summed E-state index contributed by atoms with van der Waals surface area (Å²) in [5.74, 6) is 0.814. The van der Waals surface area contributed by atoms with E-state index in [0.717, 1.165) is 62.4 Å². The summed E-state index contributed by atoms with van der Waals surface area (Å²) in [4.78, 5) is 9.92. The Labute approximate surface area is 136 Å². The number of guanidine groups is 1. The maximum Gasteiger partial charge on any atom is 0.191 e. The van der Waals surface area contributed by atoms with Gasteiger partial charge in [-0.25, -0.2) is 4.98 Å². The summed E-state index contributed by atoms with van der Waals surface area (Å²) < 4.78 is 11.0. The number of ether oxygens (including phenoxy) is 2. The zero-order valence-corrected chi connectivity index (χ0v) is 14.5. The number of nitrogens with one attached hydrogen (secondary N) is 2. The zero-order valence-electron chi connectivity index (χ0n) is 13.6. The summed E-state index contributed by atoms with van der Waals surface area (Å²) in [6, 6.07) is 0. The van der Waals surface area contributed by atoms with E-state index >= 15 is 0 Å². The van der Waals surface area contributed by atoms with Gasteiger partial charge in [0.1, 0.15) is 0 Å². The van der Waals surface area contributed by atoms with E-state index in [-0.39, 0.29) is 6.10 Å². The summed E-state index contributed by atoms with van der Waals surface area (Å²) >= 11 is 1.72. The molecule has 7 heteroatoms. The van der Waals surface area contributed by atoms with Crippen molar-refractivity contribution in [3.05, 3.63) is 15.6 Å². The van der Waals surface area contributed by atoms with Gasteiger partial charge in [-0.15, -0.1) is 11.3 Å². The normalized spacial score (nSPS) is 18.7. The fourth-order valence-electron chi connectivity index (χ4n) is 2.30. The number of nitrogens with zero attached hydrogens (tertiary/aromatic N) is 2. The van der Waals surface area contributed by atoms with Crippen LogP contribution in [0.4, 0.5) is 0 Å². The fourth-order valence-corrected chi connectivity index (χ4v) is 3.17. The molecular formula is C15H26N4O2S. The van der Waals surface area contributed by atoms with Gasteiger partial charge < -0.3 is 20.1 Å². The lowest BCUT2D eigenvalue weighted by Crippen LogP contribution is -2.37. The molecule has 22 heavy (non-hydrogen) atoms. The molecule has 6 nitrogen and oxygen atoms in total. The Balaban J connectivity index is 1.59. The maximum atomic E-state index is 5.73. The minimum atomic E-state index is 0.287. The van der Waals surface area contributed by atoms with Crippen LogP contribution in [0, 0.1) is 13.8 Å². The number of thiazole rings is 1. The van der Waals surface area contributed by atoms with Crippen molar-refractivity contribution in [2.45, 2.75) is 39.3 Å². The van der Waals surface area contributed by atoms with E-state index in [1.54, 1.807) is 18.4 Å².